The fourth-order valence-electron chi connectivity index (χ4n) is 2.62. The number of hydrogen-bond donors (Lipinski definition) is 3. The third-order valence-electron chi connectivity index (χ3n) is 4.17. The number of hydrogen-bond acceptors (Lipinski definition) is 4. The Morgan fingerprint density at radius 2 is 1.48 bits per heavy atom. The Labute approximate surface area is 178 Å². The lowest BCUT2D eigenvalue weighted by Gasteiger charge is -2.12. The van der Waals surface area contributed by atoms with Crippen LogP contribution >= 0.6 is 0 Å². The van der Waals surface area contributed by atoms with Crippen molar-refractivity contribution in [3.63, 3.8) is 0 Å². The van der Waals surface area contributed by atoms with Gasteiger partial charge in [0, 0.05) is 16.8 Å². The number of nitrogens with one attached hydrogen (secondary N) is 2. The summed E-state index contributed by atoms with van der Waals surface area (Å²) >= 11 is 0. The lowest BCUT2D eigenvalue weighted by atomic mass is 10.1. The van der Waals surface area contributed by atoms with E-state index in [9.17, 15) is 22.4 Å². The predicted molar refractivity (Wildman–Crippen MR) is 115 cm³/mol. The normalized spacial score (nSPS) is 11.6. The van der Waals surface area contributed by atoms with E-state index in [1.165, 1.54) is 48.5 Å². The Bertz CT molecular complexity index is 1240. The van der Waals surface area contributed by atoms with Gasteiger partial charge in [-0.15, -0.1) is 0 Å². The first kappa shape index (κ1) is 21.9. The van der Waals surface area contributed by atoms with E-state index >= 15 is 0 Å². The topological polar surface area (TPSA) is 118 Å². The number of halogens is 1. The van der Waals surface area contributed by atoms with Crippen molar-refractivity contribution in [2.45, 2.75) is 4.90 Å². The van der Waals surface area contributed by atoms with Crippen LogP contribution in [0.15, 0.2) is 89.5 Å². The minimum Gasteiger partial charge on any atom is -0.321 e. The molecule has 0 fully saturated rings. The zero-order valence-electron chi connectivity index (χ0n) is 16.1. The van der Waals surface area contributed by atoms with Gasteiger partial charge in [-0.2, -0.15) is 0 Å². The van der Waals surface area contributed by atoms with Crippen LogP contribution in [-0.4, -0.2) is 20.2 Å². The van der Waals surface area contributed by atoms with Gasteiger partial charge < -0.3 is 10.6 Å². The van der Waals surface area contributed by atoms with Crippen LogP contribution in [0.25, 0.3) is 6.08 Å². The molecule has 0 heterocycles. The Hall–Kier alpha value is -3.82. The number of carbonyl (C=O) groups is 2. The van der Waals surface area contributed by atoms with Gasteiger partial charge in [0.1, 0.15) is 11.5 Å². The van der Waals surface area contributed by atoms with E-state index in [4.69, 9.17) is 5.14 Å². The molecule has 0 saturated carbocycles. The van der Waals surface area contributed by atoms with E-state index in [2.05, 4.69) is 10.6 Å². The van der Waals surface area contributed by atoms with Gasteiger partial charge in [0.15, 0.2) is 0 Å². The number of sulfonamides is 1. The third-order valence-corrected chi connectivity index (χ3v) is 5.10. The maximum atomic E-state index is 14.1. The first-order chi connectivity index (χ1) is 14.7. The van der Waals surface area contributed by atoms with E-state index in [0.717, 1.165) is 0 Å². The summed E-state index contributed by atoms with van der Waals surface area (Å²) in [6.07, 6.45) is 1.21. The molecule has 3 rings (SSSR count). The molecule has 0 radical (unpaired) electrons. The molecule has 2 amide bonds. The molecule has 158 valence electrons. The van der Waals surface area contributed by atoms with Crippen molar-refractivity contribution in [2.24, 2.45) is 5.14 Å². The van der Waals surface area contributed by atoms with Gasteiger partial charge in [-0.05, 0) is 48.5 Å². The molecule has 3 aromatic carbocycles. The molecule has 0 atom stereocenters. The summed E-state index contributed by atoms with van der Waals surface area (Å²) in [7, 11) is -3.88. The van der Waals surface area contributed by atoms with Gasteiger partial charge in [-0.3, -0.25) is 9.59 Å². The summed E-state index contributed by atoms with van der Waals surface area (Å²) in [5, 5.41) is 10.1. The van der Waals surface area contributed by atoms with Gasteiger partial charge in [-0.1, -0.05) is 36.4 Å². The molecule has 0 aliphatic heterocycles. The molecule has 9 heteroatoms. The summed E-state index contributed by atoms with van der Waals surface area (Å²) in [5.41, 5.74) is 0.470. The van der Waals surface area contributed by atoms with Crippen LogP contribution in [0.1, 0.15) is 15.9 Å². The molecule has 0 unspecified atom stereocenters. The Balaban J connectivity index is 1.89. The minimum absolute atomic E-state index is 0.102. The highest BCUT2D eigenvalue weighted by Gasteiger charge is 2.16. The quantitative estimate of drug-likeness (QED) is 0.512. The summed E-state index contributed by atoms with van der Waals surface area (Å²) < 4.78 is 36.8. The van der Waals surface area contributed by atoms with Crippen molar-refractivity contribution >= 4 is 33.6 Å². The number of rotatable bonds is 6. The van der Waals surface area contributed by atoms with E-state index in [1.54, 1.807) is 36.4 Å². The molecule has 0 aliphatic rings. The molecule has 0 spiro atoms. The molecular weight excluding hydrogens is 421 g/mol. The summed E-state index contributed by atoms with van der Waals surface area (Å²) in [6.45, 7) is 0. The summed E-state index contributed by atoms with van der Waals surface area (Å²) in [6, 6.07) is 19.1. The zero-order valence-corrected chi connectivity index (χ0v) is 16.9. The maximum Gasteiger partial charge on any atom is 0.272 e. The Morgan fingerprint density at radius 3 is 2.10 bits per heavy atom. The third kappa shape index (κ3) is 5.84. The zero-order chi connectivity index (χ0) is 22.4. The molecular formula is C22H18FN3O4S. The number of nitrogens with two attached hydrogens (primary N) is 1. The van der Waals surface area contributed by atoms with Gasteiger partial charge in [0.05, 0.1) is 4.90 Å². The average molecular weight is 439 g/mol. The van der Waals surface area contributed by atoms with Crippen LogP contribution in [0.2, 0.25) is 0 Å². The smallest absolute Gasteiger partial charge is 0.272 e. The van der Waals surface area contributed by atoms with Crippen molar-refractivity contribution in [3.05, 3.63) is 102 Å². The number of carbonyl (C=O) groups excluding carboxylic acids is 2. The second-order valence-corrected chi connectivity index (χ2v) is 7.98. The van der Waals surface area contributed by atoms with Crippen LogP contribution in [0.5, 0.6) is 0 Å². The monoisotopic (exact) mass is 439 g/mol. The van der Waals surface area contributed by atoms with Gasteiger partial charge in [0.25, 0.3) is 11.8 Å². The fourth-order valence-corrected chi connectivity index (χ4v) is 3.13. The number of amides is 2. The summed E-state index contributed by atoms with van der Waals surface area (Å²) in [4.78, 5) is 25.2. The number of primary sulfonamides is 1. The average Bonchev–Trinajstić information content (AvgIpc) is 2.75. The molecule has 4 N–H and O–H groups in total. The Kier molecular flexibility index (Phi) is 6.58. The van der Waals surface area contributed by atoms with Gasteiger partial charge >= 0.3 is 0 Å². The van der Waals surface area contributed by atoms with Crippen molar-refractivity contribution < 1.29 is 22.4 Å². The molecule has 7 nitrogen and oxygen atoms in total. The van der Waals surface area contributed by atoms with Crippen molar-refractivity contribution in [1.29, 1.82) is 0 Å². The summed E-state index contributed by atoms with van der Waals surface area (Å²) in [5.74, 6) is -1.85. The number of benzene rings is 3. The highest BCUT2D eigenvalue weighted by Crippen LogP contribution is 2.16. The fraction of sp³-hybridized carbons (Fsp3) is 0. The van der Waals surface area contributed by atoms with Crippen LogP contribution in [0.4, 0.5) is 10.1 Å². The minimum atomic E-state index is -3.88. The predicted octanol–water partition coefficient (Wildman–Crippen LogP) is 2.88. The molecule has 0 aromatic heterocycles. The Morgan fingerprint density at radius 1 is 0.871 bits per heavy atom. The standard InChI is InChI=1S/C22H18FN3O4S/c23-19-9-5-4-8-16(19)14-20(26-21(27)15-6-2-1-3-7-15)22(28)25-17-10-12-18(13-11-17)31(24,29)30/h1-14H,(H,25,28)(H,26,27)(H2,24,29,30)/b20-14+. The van der Waals surface area contributed by atoms with Crippen LogP contribution in [0.3, 0.4) is 0 Å². The van der Waals surface area contributed by atoms with Crippen molar-refractivity contribution in [2.75, 3.05) is 5.32 Å². The van der Waals surface area contributed by atoms with Gasteiger partial charge in [0.2, 0.25) is 10.0 Å². The van der Waals surface area contributed by atoms with E-state index < -0.39 is 27.7 Å². The van der Waals surface area contributed by atoms with Crippen molar-refractivity contribution in [3.8, 4) is 0 Å². The molecule has 31 heavy (non-hydrogen) atoms. The molecule has 3 aromatic rings. The van der Waals surface area contributed by atoms with E-state index in [-0.39, 0.29) is 21.8 Å². The van der Waals surface area contributed by atoms with Crippen LogP contribution in [-0.2, 0) is 14.8 Å². The highest BCUT2D eigenvalue weighted by atomic mass is 32.2. The SMILES string of the molecule is NS(=O)(=O)c1ccc(NC(=O)/C(=C\c2ccccc2F)NC(=O)c2ccccc2)cc1. The lowest BCUT2D eigenvalue weighted by molar-refractivity contribution is -0.113. The molecule has 0 saturated heterocycles. The largest absolute Gasteiger partial charge is 0.321 e. The van der Waals surface area contributed by atoms with Crippen LogP contribution in [0, 0.1) is 5.82 Å². The molecule has 0 aliphatic carbocycles. The second-order valence-electron chi connectivity index (χ2n) is 6.42. The highest BCUT2D eigenvalue weighted by molar-refractivity contribution is 7.89. The maximum absolute atomic E-state index is 14.1. The van der Waals surface area contributed by atoms with Crippen molar-refractivity contribution in [1.82, 2.24) is 5.32 Å². The molecule has 0 bridgehead atoms. The van der Waals surface area contributed by atoms with E-state index in [1.807, 2.05) is 0 Å². The van der Waals surface area contributed by atoms with E-state index in [0.29, 0.717) is 5.56 Å². The second kappa shape index (κ2) is 9.33. The first-order valence-corrected chi connectivity index (χ1v) is 10.6. The number of anilines is 1. The lowest BCUT2D eigenvalue weighted by Crippen LogP contribution is -2.30. The first-order valence-electron chi connectivity index (χ1n) is 9.01. The van der Waals surface area contributed by atoms with Gasteiger partial charge in [-0.25, -0.2) is 17.9 Å². The van der Waals surface area contributed by atoms with Crippen LogP contribution < -0.4 is 15.8 Å².